The molecular weight excluding hydrogens is 318 g/mol. The van der Waals surface area contributed by atoms with E-state index in [9.17, 15) is 14.7 Å². The summed E-state index contributed by atoms with van der Waals surface area (Å²) in [5.74, 6) is -0.370. The van der Waals surface area contributed by atoms with Gasteiger partial charge in [0, 0.05) is 5.56 Å². The Labute approximate surface area is 145 Å². The number of aromatic hydroxyl groups is 1. The predicted molar refractivity (Wildman–Crippen MR) is 94.2 cm³/mol. The number of aryl methyl sites for hydroxylation is 1. The molecular formula is C19H19N3O3. The van der Waals surface area contributed by atoms with Crippen LogP contribution in [-0.2, 0) is 11.2 Å². The first-order valence-electron chi connectivity index (χ1n) is 8.02. The van der Waals surface area contributed by atoms with E-state index in [4.69, 9.17) is 0 Å². The lowest BCUT2D eigenvalue weighted by Gasteiger charge is -2.20. The Hall–Kier alpha value is -3.15. The smallest absolute Gasteiger partial charge is 0.346 e. The van der Waals surface area contributed by atoms with Crippen molar-refractivity contribution in [2.45, 2.75) is 25.3 Å². The van der Waals surface area contributed by atoms with Gasteiger partial charge in [-0.3, -0.25) is 4.79 Å². The summed E-state index contributed by atoms with van der Waals surface area (Å²) in [7, 11) is 0. The van der Waals surface area contributed by atoms with E-state index in [1.807, 2.05) is 30.3 Å². The molecule has 0 bridgehead atoms. The molecule has 1 aliphatic rings. The molecule has 1 aliphatic heterocycles. The number of nitrogens with zero attached hydrogens (tertiary/aromatic N) is 2. The van der Waals surface area contributed by atoms with Crippen molar-refractivity contribution in [1.82, 2.24) is 10.3 Å². The number of carbonyl (C=O) groups excluding carboxylic acids is 2. The van der Waals surface area contributed by atoms with Crippen LogP contribution in [0.2, 0.25) is 0 Å². The first-order chi connectivity index (χ1) is 12.0. The van der Waals surface area contributed by atoms with Gasteiger partial charge in [0.2, 0.25) is 0 Å². The highest BCUT2D eigenvalue weighted by Gasteiger charge is 2.47. The average Bonchev–Trinajstić information content (AvgIpc) is 2.83. The fourth-order valence-electron chi connectivity index (χ4n) is 2.70. The lowest BCUT2D eigenvalue weighted by Crippen LogP contribution is -2.44. The fourth-order valence-corrected chi connectivity index (χ4v) is 2.70. The van der Waals surface area contributed by atoms with Crippen molar-refractivity contribution in [3.8, 4) is 5.75 Å². The lowest BCUT2D eigenvalue weighted by molar-refractivity contribution is -0.130. The van der Waals surface area contributed by atoms with Crippen LogP contribution in [0.1, 0.15) is 24.5 Å². The largest absolute Gasteiger partial charge is 0.507 e. The van der Waals surface area contributed by atoms with Crippen LogP contribution in [0.4, 0.5) is 4.79 Å². The molecule has 0 saturated carbocycles. The third-order valence-electron chi connectivity index (χ3n) is 4.25. The second-order valence-corrected chi connectivity index (χ2v) is 6.17. The van der Waals surface area contributed by atoms with E-state index in [2.05, 4.69) is 10.4 Å². The van der Waals surface area contributed by atoms with Crippen LogP contribution in [0.15, 0.2) is 59.7 Å². The molecule has 128 valence electrons. The van der Waals surface area contributed by atoms with Crippen molar-refractivity contribution >= 4 is 18.2 Å². The molecule has 6 heteroatoms. The zero-order chi connectivity index (χ0) is 17.9. The maximum atomic E-state index is 12.6. The van der Waals surface area contributed by atoms with Crippen LogP contribution < -0.4 is 5.32 Å². The normalized spacial score (nSPS) is 20.3. The summed E-state index contributed by atoms with van der Waals surface area (Å²) in [6.45, 7) is 1.70. The monoisotopic (exact) mass is 337 g/mol. The molecule has 0 spiro atoms. The molecule has 1 saturated heterocycles. The van der Waals surface area contributed by atoms with E-state index in [-0.39, 0.29) is 5.75 Å². The Balaban J connectivity index is 1.72. The Morgan fingerprint density at radius 2 is 1.80 bits per heavy atom. The molecule has 0 unspecified atom stereocenters. The van der Waals surface area contributed by atoms with Gasteiger partial charge in [-0.05, 0) is 37.5 Å². The second kappa shape index (κ2) is 6.76. The number of hydrogen-bond donors (Lipinski definition) is 2. The van der Waals surface area contributed by atoms with Crippen LogP contribution >= 0.6 is 0 Å². The predicted octanol–water partition coefficient (Wildman–Crippen LogP) is 2.67. The quantitative estimate of drug-likeness (QED) is 0.650. The Bertz CT molecular complexity index is 820. The zero-order valence-electron chi connectivity index (χ0n) is 13.8. The first-order valence-corrected chi connectivity index (χ1v) is 8.02. The number of benzene rings is 2. The second-order valence-electron chi connectivity index (χ2n) is 6.17. The summed E-state index contributed by atoms with van der Waals surface area (Å²) in [5, 5.41) is 17.2. The summed E-state index contributed by atoms with van der Waals surface area (Å²) in [6, 6.07) is 15.8. The number of urea groups is 1. The van der Waals surface area contributed by atoms with E-state index >= 15 is 0 Å². The van der Waals surface area contributed by atoms with Crippen molar-refractivity contribution in [2.24, 2.45) is 5.10 Å². The van der Waals surface area contributed by atoms with Crippen LogP contribution in [-0.4, -0.2) is 33.8 Å². The Morgan fingerprint density at radius 1 is 1.12 bits per heavy atom. The highest BCUT2D eigenvalue weighted by atomic mass is 16.3. The van der Waals surface area contributed by atoms with Crippen LogP contribution in [0.5, 0.6) is 5.75 Å². The van der Waals surface area contributed by atoms with E-state index in [1.54, 1.807) is 25.1 Å². The van der Waals surface area contributed by atoms with Crippen molar-refractivity contribution in [1.29, 1.82) is 0 Å². The highest BCUT2D eigenvalue weighted by Crippen LogP contribution is 2.24. The molecule has 0 aliphatic carbocycles. The molecule has 2 aromatic rings. The van der Waals surface area contributed by atoms with E-state index in [1.165, 1.54) is 12.3 Å². The van der Waals surface area contributed by atoms with Gasteiger partial charge in [0.15, 0.2) is 0 Å². The molecule has 1 atom stereocenters. The van der Waals surface area contributed by atoms with Crippen molar-refractivity contribution < 1.29 is 14.7 Å². The summed E-state index contributed by atoms with van der Waals surface area (Å²) < 4.78 is 0. The van der Waals surface area contributed by atoms with Crippen LogP contribution in [0.3, 0.4) is 0 Å². The number of nitrogens with one attached hydrogen (secondary N) is 1. The van der Waals surface area contributed by atoms with Crippen LogP contribution in [0.25, 0.3) is 0 Å². The lowest BCUT2D eigenvalue weighted by atomic mass is 9.93. The SMILES string of the molecule is C[C@]1(CCc2ccccc2)NC(=O)N(/N=C/c2ccccc2O)C1=O. The molecule has 1 heterocycles. The first kappa shape index (κ1) is 16.7. The molecule has 1 fully saturated rings. The molecule has 3 rings (SSSR count). The van der Waals surface area contributed by atoms with Gasteiger partial charge in [0.25, 0.3) is 5.91 Å². The molecule has 3 amide bonds. The minimum atomic E-state index is -0.997. The maximum Gasteiger partial charge on any atom is 0.346 e. The maximum absolute atomic E-state index is 12.6. The number of hydrogen-bond acceptors (Lipinski definition) is 4. The number of imide groups is 1. The third-order valence-corrected chi connectivity index (χ3v) is 4.25. The standard InChI is InChI=1S/C19H19N3O3/c1-19(12-11-14-7-3-2-4-8-14)17(24)22(18(25)21-19)20-13-15-9-5-6-10-16(15)23/h2-10,13,23H,11-12H2,1H3,(H,21,25)/b20-13+/t19-/m1/s1. The van der Waals surface area contributed by atoms with Gasteiger partial charge in [-0.1, -0.05) is 42.5 Å². The van der Waals surface area contributed by atoms with Crippen molar-refractivity contribution in [2.75, 3.05) is 0 Å². The van der Waals surface area contributed by atoms with Gasteiger partial charge in [-0.15, -0.1) is 5.01 Å². The summed E-state index contributed by atoms with van der Waals surface area (Å²) in [5.41, 5.74) is 0.533. The number of hydrazone groups is 1. The number of carbonyl (C=O) groups is 2. The van der Waals surface area contributed by atoms with Gasteiger partial charge < -0.3 is 10.4 Å². The topological polar surface area (TPSA) is 82.0 Å². The van der Waals surface area contributed by atoms with E-state index in [0.29, 0.717) is 18.4 Å². The molecule has 2 N–H and O–H groups in total. The van der Waals surface area contributed by atoms with Crippen molar-refractivity contribution in [3.63, 3.8) is 0 Å². The minimum Gasteiger partial charge on any atom is -0.507 e. The number of phenols is 1. The Kier molecular flexibility index (Phi) is 4.52. The summed E-state index contributed by atoms with van der Waals surface area (Å²) >= 11 is 0. The number of rotatable bonds is 5. The number of amides is 3. The zero-order valence-corrected chi connectivity index (χ0v) is 13.8. The Morgan fingerprint density at radius 3 is 2.52 bits per heavy atom. The fraction of sp³-hybridized carbons (Fsp3) is 0.211. The molecule has 0 radical (unpaired) electrons. The molecule has 6 nitrogen and oxygen atoms in total. The molecule has 0 aromatic heterocycles. The van der Waals surface area contributed by atoms with Crippen molar-refractivity contribution in [3.05, 3.63) is 65.7 Å². The minimum absolute atomic E-state index is 0.0325. The van der Waals surface area contributed by atoms with Crippen LogP contribution in [0, 0.1) is 0 Å². The van der Waals surface area contributed by atoms with Gasteiger partial charge >= 0.3 is 6.03 Å². The average molecular weight is 337 g/mol. The van der Waals surface area contributed by atoms with Gasteiger partial charge in [-0.25, -0.2) is 4.79 Å². The number of para-hydroxylation sites is 1. The van der Waals surface area contributed by atoms with E-state index < -0.39 is 17.5 Å². The van der Waals surface area contributed by atoms with Gasteiger partial charge in [0.1, 0.15) is 11.3 Å². The van der Waals surface area contributed by atoms with E-state index in [0.717, 1.165) is 10.6 Å². The van der Waals surface area contributed by atoms with Gasteiger partial charge in [0.05, 0.1) is 6.21 Å². The summed E-state index contributed by atoms with van der Waals surface area (Å²) in [4.78, 5) is 24.8. The summed E-state index contributed by atoms with van der Waals surface area (Å²) in [6.07, 6.45) is 2.44. The van der Waals surface area contributed by atoms with Gasteiger partial charge in [-0.2, -0.15) is 5.10 Å². The number of phenolic OH excluding ortho intramolecular Hbond substituents is 1. The highest BCUT2D eigenvalue weighted by molar-refractivity contribution is 6.07. The molecule has 25 heavy (non-hydrogen) atoms. The molecule has 2 aromatic carbocycles. The third kappa shape index (κ3) is 3.52.